The third-order valence-corrected chi connectivity index (χ3v) is 6.39. The standard InChI is InChI=1S/C15H8Cl4N2OS2/c16-7-1-2-13-12(3-7)21-15(24-13)23-6-14(22)20-11-5-9(18)8(17)4-10(11)19/h1-5H,6H2,(H,20,22). The molecule has 0 spiro atoms. The van der Waals surface area contributed by atoms with Crippen LogP contribution in [0.4, 0.5) is 5.69 Å². The Balaban J connectivity index is 1.65. The summed E-state index contributed by atoms with van der Waals surface area (Å²) in [5.74, 6) is -0.0120. The Morgan fingerprint density at radius 3 is 2.62 bits per heavy atom. The zero-order valence-corrected chi connectivity index (χ0v) is 16.4. The van der Waals surface area contributed by atoms with Crippen LogP contribution >= 0.6 is 69.5 Å². The number of hydrogen-bond acceptors (Lipinski definition) is 4. The van der Waals surface area contributed by atoms with Crippen LogP contribution in [0.15, 0.2) is 34.7 Å². The second-order valence-electron chi connectivity index (χ2n) is 4.67. The highest BCUT2D eigenvalue weighted by Gasteiger charge is 2.11. The quantitative estimate of drug-likeness (QED) is 0.367. The fraction of sp³-hybridized carbons (Fsp3) is 0.0667. The molecule has 0 aliphatic carbocycles. The van der Waals surface area contributed by atoms with E-state index in [1.54, 1.807) is 6.07 Å². The number of anilines is 1. The van der Waals surface area contributed by atoms with E-state index in [0.717, 1.165) is 14.6 Å². The minimum absolute atomic E-state index is 0.199. The monoisotopic (exact) mass is 436 g/mol. The van der Waals surface area contributed by atoms with Gasteiger partial charge in [-0.25, -0.2) is 4.98 Å². The average molecular weight is 438 g/mol. The Morgan fingerprint density at radius 1 is 1.08 bits per heavy atom. The normalized spacial score (nSPS) is 11.0. The lowest BCUT2D eigenvalue weighted by atomic mass is 10.3. The lowest BCUT2D eigenvalue weighted by Crippen LogP contribution is -2.14. The number of aromatic nitrogens is 1. The zero-order chi connectivity index (χ0) is 17.3. The number of halogens is 4. The number of fused-ring (bicyclic) bond motifs is 1. The van der Waals surface area contributed by atoms with E-state index in [4.69, 9.17) is 46.4 Å². The Labute approximate surface area is 166 Å². The van der Waals surface area contributed by atoms with Crippen molar-refractivity contribution in [2.24, 2.45) is 0 Å². The van der Waals surface area contributed by atoms with Crippen LogP contribution < -0.4 is 5.32 Å². The number of nitrogens with one attached hydrogen (secondary N) is 1. The molecular weight excluding hydrogens is 430 g/mol. The Kier molecular flexibility index (Phi) is 5.80. The lowest BCUT2D eigenvalue weighted by Gasteiger charge is -2.08. The van der Waals surface area contributed by atoms with E-state index in [1.807, 2.05) is 12.1 Å². The van der Waals surface area contributed by atoms with Crippen LogP contribution in [0.2, 0.25) is 20.1 Å². The molecule has 1 heterocycles. The van der Waals surface area contributed by atoms with Crippen molar-refractivity contribution in [2.75, 3.05) is 11.1 Å². The molecule has 0 bridgehead atoms. The van der Waals surface area contributed by atoms with Crippen molar-refractivity contribution in [2.45, 2.75) is 4.34 Å². The number of hydrogen-bond donors (Lipinski definition) is 1. The van der Waals surface area contributed by atoms with E-state index in [1.165, 1.54) is 35.2 Å². The second kappa shape index (κ2) is 7.68. The largest absolute Gasteiger partial charge is 0.324 e. The summed E-state index contributed by atoms with van der Waals surface area (Å²) in [5.41, 5.74) is 1.25. The third kappa shape index (κ3) is 4.28. The number of carbonyl (C=O) groups excluding carboxylic acids is 1. The summed E-state index contributed by atoms with van der Waals surface area (Å²) in [6.45, 7) is 0. The van der Waals surface area contributed by atoms with Gasteiger partial charge in [-0.2, -0.15) is 0 Å². The Morgan fingerprint density at radius 2 is 1.83 bits per heavy atom. The van der Waals surface area contributed by atoms with Crippen LogP contribution in [0.25, 0.3) is 10.2 Å². The Bertz CT molecular complexity index is 929. The van der Waals surface area contributed by atoms with E-state index >= 15 is 0 Å². The van der Waals surface area contributed by atoms with Crippen molar-refractivity contribution in [3.05, 3.63) is 50.4 Å². The second-order valence-corrected chi connectivity index (χ2v) is 8.59. The molecule has 24 heavy (non-hydrogen) atoms. The molecular formula is C15H8Cl4N2OS2. The van der Waals surface area contributed by atoms with Crippen LogP contribution in [-0.4, -0.2) is 16.6 Å². The maximum absolute atomic E-state index is 12.1. The summed E-state index contributed by atoms with van der Waals surface area (Å²) in [5, 5.41) is 4.34. The maximum atomic E-state index is 12.1. The van der Waals surface area contributed by atoms with Gasteiger partial charge in [-0.1, -0.05) is 58.2 Å². The van der Waals surface area contributed by atoms with E-state index in [-0.39, 0.29) is 11.7 Å². The minimum Gasteiger partial charge on any atom is -0.324 e. The van der Waals surface area contributed by atoms with Crippen LogP contribution in [0.1, 0.15) is 0 Å². The third-order valence-electron chi connectivity index (χ3n) is 2.94. The molecule has 0 fully saturated rings. The topological polar surface area (TPSA) is 42.0 Å². The number of benzene rings is 2. The first kappa shape index (κ1) is 18.1. The van der Waals surface area contributed by atoms with Crippen molar-refractivity contribution >= 4 is 91.3 Å². The van der Waals surface area contributed by atoms with E-state index in [0.29, 0.717) is 25.8 Å². The SMILES string of the molecule is O=C(CSc1nc2cc(Cl)ccc2s1)Nc1cc(Cl)c(Cl)cc1Cl. The molecule has 2 aromatic carbocycles. The van der Waals surface area contributed by atoms with Crippen LogP contribution in [-0.2, 0) is 4.79 Å². The molecule has 0 aliphatic heterocycles. The van der Waals surface area contributed by atoms with Gasteiger partial charge in [-0.05, 0) is 30.3 Å². The number of rotatable bonds is 4. The minimum atomic E-state index is -0.211. The number of amides is 1. The molecule has 3 aromatic rings. The zero-order valence-electron chi connectivity index (χ0n) is 11.8. The van der Waals surface area contributed by atoms with Crippen molar-refractivity contribution < 1.29 is 4.79 Å². The molecule has 0 saturated carbocycles. The molecule has 3 nitrogen and oxygen atoms in total. The predicted molar refractivity (Wildman–Crippen MR) is 105 cm³/mol. The lowest BCUT2D eigenvalue weighted by molar-refractivity contribution is -0.113. The number of thiazole rings is 1. The molecule has 3 rings (SSSR count). The summed E-state index contributed by atoms with van der Waals surface area (Å²) in [4.78, 5) is 16.5. The summed E-state index contributed by atoms with van der Waals surface area (Å²) < 4.78 is 1.82. The molecule has 1 aromatic heterocycles. The van der Waals surface area contributed by atoms with Crippen LogP contribution in [0, 0.1) is 0 Å². The number of thioether (sulfide) groups is 1. The van der Waals surface area contributed by atoms with Gasteiger partial charge in [0.2, 0.25) is 5.91 Å². The first-order valence-corrected chi connectivity index (χ1v) is 9.87. The van der Waals surface area contributed by atoms with Gasteiger partial charge in [0.1, 0.15) is 0 Å². The Hall–Kier alpha value is -0.690. The van der Waals surface area contributed by atoms with Gasteiger partial charge in [0.05, 0.1) is 36.7 Å². The van der Waals surface area contributed by atoms with Gasteiger partial charge >= 0.3 is 0 Å². The highest BCUT2D eigenvalue weighted by molar-refractivity contribution is 8.01. The molecule has 0 saturated heterocycles. The predicted octanol–water partition coefficient (Wildman–Crippen LogP) is 6.64. The smallest absolute Gasteiger partial charge is 0.234 e. The first-order valence-electron chi connectivity index (χ1n) is 6.55. The number of carbonyl (C=O) groups is 1. The summed E-state index contributed by atoms with van der Waals surface area (Å²) in [6, 6.07) is 8.54. The van der Waals surface area contributed by atoms with Crippen LogP contribution in [0.5, 0.6) is 0 Å². The van der Waals surface area contributed by atoms with Gasteiger partial charge in [-0.3, -0.25) is 4.79 Å². The number of nitrogens with zero attached hydrogens (tertiary/aromatic N) is 1. The fourth-order valence-corrected chi connectivity index (χ4v) is 4.48. The van der Waals surface area contributed by atoms with Crippen molar-refractivity contribution in [3.8, 4) is 0 Å². The van der Waals surface area contributed by atoms with Crippen molar-refractivity contribution in [3.63, 3.8) is 0 Å². The van der Waals surface area contributed by atoms with Crippen molar-refractivity contribution in [1.29, 1.82) is 0 Å². The van der Waals surface area contributed by atoms with Gasteiger partial charge in [0, 0.05) is 5.02 Å². The van der Waals surface area contributed by atoms with Crippen molar-refractivity contribution in [1.82, 2.24) is 4.98 Å². The molecule has 124 valence electrons. The van der Waals surface area contributed by atoms with Gasteiger partial charge in [0.25, 0.3) is 0 Å². The molecule has 1 N–H and O–H groups in total. The molecule has 0 atom stereocenters. The van der Waals surface area contributed by atoms with E-state index in [9.17, 15) is 4.79 Å². The first-order chi connectivity index (χ1) is 11.4. The van der Waals surface area contributed by atoms with Gasteiger partial charge < -0.3 is 5.32 Å². The van der Waals surface area contributed by atoms with Crippen LogP contribution in [0.3, 0.4) is 0 Å². The van der Waals surface area contributed by atoms with Gasteiger partial charge in [-0.15, -0.1) is 11.3 Å². The molecule has 1 amide bonds. The van der Waals surface area contributed by atoms with E-state index < -0.39 is 0 Å². The molecule has 0 aliphatic rings. The average Bonchev–Trinajstić information content (AvgIpc) is 2.92. The highest BCUT2D eigenvalue weighted by Crippen LogP contribution is 2.33. The highest BCUT2D eigenvalue weighted by atomic mass is 35.5. The molecule has 0 radical (unpaired) electrons. The maximum Gasteiger partial charge on any atom is 0.234 e. The summed E-state index contributed by atoms with van der Waals surface area (Å²) in [6.07, 6.45) is 0. The molecule has 9 heteroatoms. The summed E-state index contributed by atoms with van der Waals surface area (Å²) in [7, 11) is 0. The summed E-state index contributed by atoms with van der Waals surface area (Å²) >= 11 is 26.6. The fourth-order valence-electron chi connectivity index (χ4n) is 1.87. The van der Waals surface area contributed by atoms with E-state index in [2.05, 4.69) is 10.3 Å². The molecule has 0 unspecified atom stereocenters. The van der Waals surface area contributed by atoms with Gasteiger partial charge in [0.15, 0.2) is 4.34 Å².